The topological polar surface area (TPSA) is 85.8 Å². The molecule has 3 N–H and O–H groups in total. The van der Waals surface area contributed by atoms with E-state index in [0.717, 1.165) is 5.75 Å². The largest absolute Gasteiger partial charge is 0.367 e. The Hall–Kier alpha value is -1.68. The second-order valence-electron chi connectivity index (χ2n) is 2.91. The molecule has 16 heavy (non-hydrogen) atoms. The fourth-order valence-corrected chi connectivity index (χ4v) is 1.49. The lowest BCUT2D eigenvalue weighted by Crippen LogP contribution is -2.29. The second kappa shape index (κ2) is 6.74. The summed E-state index contributed by atoms with van der Waals surface area (Å²) in [5, 5.41) is 6.54. The van der Waals surface area contributed by atoms with Gasteiger partial charge in [-0.25, -0.2) is 9.67 Å². The van der Waals surface area contributed by atoms with Gasteiger partial charge in [0.1, 0.15) is 12.9 Å². The lowest BCUT2D eigenvalue weighted by Gasteiger charge is -2.03. The van der Waals surface area contributed by atoms with Crippen molar-refractivity contribution in [1.82, 2.24) is 20.1 Å². The van der Waals surface area contributed by atoms with Gasteiger partial charge in [-0.2, -0.15) is 0 Å². The van der Waals surface area contributed by atoms with Gasteiger partial charge in [-0.15, -0.1) is 23.3 Å². The van der Waals surface area contributed by atoms with E-state index in [0.29, 0.717) is 12.3 Å². The predicted octanol–water partition coefficient (Wildman–Crippen LogP) is -0.657. The number of hydrogen-bond acceptors (Lipinski definition) is 5. The van der Waals surface area contributed by atoms with Crippen LogP contribution in [-0.2, 0) is 11.3 Å². The van der Waals surface area contributed by atoms with E-state index in [1.165, 1.54) is 11.0 Å². The maximum absolute atomic E-state index is 11.4. The molecule has 1 amide bonds. The molecule has 0 aliphatic heterocycles. The van der Waals surface area contributed by atoms with Crippen molar-refractivity contribution in [3.63, 3.8) is 0 Å². The zero-order valence-corrected chi connectivity index (χ0v) is 9.54. The Bertz CT molecular complexity index is 383. The number of carbonyl (C=O) groups is 1. The molecule has 1 aromatic rings. The van der Waals surface area contributed by atoms with E-state index in [2.05, 4.69) is 21.3 Å². The van der Waals surface area contributed by atoms with E-state index in [1.807, 2.05) is 0 Å². The van der Waals surface area contributed by atoms with Gasteiger partial charge in [-0.05, 0) is 0 Å². The third kappa shape index (κ3) is 4.70. The Morgan fingerprint density at radius 1 is 1.75 bits per heavy atom. The molecule has 0 spiro atoms. The van der Waals surface area contributed by atoms with Crippen molar-refractivity contribution in [3.8, 4) is 12.3 Å². The molecule has 0 aliphatic carbocycles. The summed E-state index contributed by atoms with van der Waals surface area (Å²) in [6.07, 6.45) is 6.51. The fourth-order valence-electron chi connectivity index (χ4n) is 0.982. The van der Waals surface area contributed by atoms with Crippen LogP contribution in [0.5, 0.6) is 0 Å². The van der Waals surface area contributed by atoms with Gasteiger partial charge in [-0.3, -0.25) is 4.79 Å². The molecule has 0 radical (unpaired) electrons. The Labute approximate surface area is 98.0 Å². The lowest BCUT2D eigenvalue weighted by molar-refractivity contribution is -0.121. The van der Waals surface area contributed by atoms with E-state index in [9.17, 15) is 4.79 Å². The minimum absolute atomic E-state index is 0.119. The minimum atomic E-state index is -0.119. The zero-order chi connectivity index (χ0) is 11.8. The molecule has 1 heterocycles. The van der Waals surface area contributed by atoms with Crippen LogP contribution in [0.2, 0.25) is 0 Å². The smallest absolute Gasteiger partial charge is 0.241 e. The molecule has 0 fully saturated rings. The van der Waals surface area contributed by atoms with Crippen LogP contribution in [0.3, 0.4) is 0 Å². The van der Waals surface area contributed by atoms with E-state index >= 15 is 0 Å². The molecule has 86 valence electrons. The van der Waals surface area contributed by atoms with Crippen LogP contribution >= 0.6 is 11.8 Å². The van der Waals surface area contributed by atoms with Gasteiger partial charge in [0.15, 0.2) is 0 Å². The molecule has 7 heteroatoms. The number of amides is 1. The highest BCUT2D eigenvalue weighted by Gasteiger charge is 2.03. The number of nitrogens with zero attached hydrogens (tertiary/aromatic N) is 3. The molecule has 0 saturated carbocycles. The summed E-state index contributed by atoms with van der Waals surface area (Å²) in [7, 11) is 0. The van der Waals surface area contributed by atoms with Gasteiger partial charge < -0.3 is 11.1 Å². The summed E-state index contributed by atoms with van der Waals surface area (Å²) in [6.45, 7) is 0.722. The summed E-state index contributed by atoms with van der Waals surface area (Å²) in [5.74, 6) is 4.02. The van der Waals surface area contributed by atoms with Crippen molar-refractivity contribution < 1.29 is 4.79 Å². The molecule has 0 atom stereocenters. The van der Waals surface area contributed by atoms with Crippen LogP contribution in [0.4, 0.5) is 5.95 Å². The molecular formula is C9H13N5OS. The average molecular weight is 239 g/mol. The third-order valence-electron chi connectivity index (χ3n) is 1.61. The van der Waals surface area contributed by atoms with Gasteiger partial charge in [0.2, 0.25) is 11.9 Å². The molecule has 0 saturated heterocycles. The monoisotopic (exact) mass is 239 g/mol. The normalized spacial score (nSPS) is 9.69. The summed E-state index contributed by atoms with van der Waals surface area (Å²) in [5.41, 5.74) is 5.31. The number of rotatable bonds is 6. The zero-order valence-electron chi connectivity index (χ0n) is 8.72. The number of terminal acetylenes is 1. The van der Waals surface area contributed by atoms with Gasteiger partial charge in [-0.1, -0.05) is 5.92 Å². The van der Waals surface area contributed by atoms with Crippen molar-refractivity contribution >= 4 is 23.6 Å². The van der Waals surface area contributed by atoms with E-state index in [-0.39, 0.29) is 18.4 Å². The first-order valence-electron chi connectivity index (χ1n) is 4.65. The average Bonchev–Trinajstić information content (AvgIpc) is 2.63. The molecular weight excluding hydrogens is 226 g/mol. The molecule has 0 aliphatic rings. The van der Waals surface area contributed by atoms with Crippen molar-refractivity contribution in [3.05, 3.63) is 6.33 Å². The van der Waals surface area contributed by atoms with Gasteiger partial charge in [0, 0.05) is 12.3 Å². The number of anilines is 1. The van der Waals surface area contributed by atoms with Crippen LogP contribution in [0, 0.1) is 12.3 Å². The maximum Gasteiger partial charge on any atom is 0.241 e. The van der Waals surface area contributed by atoms with Crippen LogP contribution in [0.15, 0.2) is 6.33 Å². The van der Waals surface area contributed by atoms with E-state index < -0.39 is 0 Å². The highest BCUT2D eigenvalue weighted by atomic mass is 32.2. The Balaban J connectivity index is 2.14. The SMILES string of the molecule is C#CCSCCNC(=O)Cn1cnc(N)n1. The Kier molecular flexibility index (Phi) is 5.22. The summed E-state index contributed by atoms with van der Waals surface area (Å²) < 4.78 is 1.39. The minimum Gasteiger partial charge on any atom is -0.367 e. The molecule has 1 rings (SSSR count). The number of nitrogens with two attached hydrogens (primary N) is 1. The quantitative estimate of drug-likeness (QED) is 0.508. The lowest BCUT2D eigenvalue weighted by atomic mass is 10.5. The number of hydrogen-bond donors (Lipinski definition) is 2. The molecule has 0 bridgehead atoms. The predicted molar refractivity (Wildman–Crippen MR) is 63.6 cm³/mol. The first kappa shape index (κ1) is 12.4. The molecule has 1 aromatic heterocycles. The molecule has 0 unspecified atom stereocenters. The van der Waals surface area contributed by atoms with Crippen molar-refractivity contribution in [2.75, 3.05) is 23.8 Å². The van der Waals surface area contributed by atoms with E-state index in [1.54, 1.807) is 11.8 Å². The van der Waals surface area contributed by atoms with E-state index in [4.69, 9.17) is 12.2 Å². The van der Waals surface area contributed by atoms with Gasteiger partial charge >= 0.3 is 0 Å². The van der Waals surface area contributed by atoms with Crippen molar-refractivity contribution in [2.45, 2.75) is 6.54 Å². The van der Waals surface area contributed by atoms with Gasteiger partial charge in [0.25, 0.3) is 0 Å². The van der Waals surface area contributed by atoms with Crippen LogP contribution in [0.1, 0.15) is 0 Å². The van der Waals surface area contributed by atoms with Crippen molar-refractivity contribution in [2.24, 2.45) is 0 Å². The van der Waals surface area contributed by atoms with Crippen LogP contribution in [-0.4, -0.2) is 38.7 Å². The first-order chi connectivity index (χ1) is 7.72. The number of nitrogens with one attached hydrogen (secondary N) is 1. The van der Waals surface area contributed by atoms with Crippen molar-refractivity contribution in [1.29, 1.82) is 0 Å². The Morgan fingerprint density at radius 3 is 3.19 bits per heavy atom. The number of aromatic nitrogens is 3. The molecule has 0 aromatic carbocycles. The maximum atomic E-state index is 11.4. The first-order valence-corrected chi connectivity index (χ1v) is 5.80. The summed E-state index contributed by atoms with van der Waals surface area (Å²) in [6, 6.07) is 0. The highest BCUT2D eigenvalue weighted by molar-refractivity contribution is 7.99. The number of nitrogen functional groups attached to an aromatic ring is 1. The highest BCUT2D eigenvalue weighted by Crippen LogP contribution is 1.95. The summed E-state index contributed by atoms with van der Waals surface area (Å²) >= 11 is 1.60. The van der Waals surface area contributed by atoms with Crippen LogP contribution in [0.25, 0.3) is 0 Å². The molecule has 6 nitrogen and oxygen atoms in total. The van der Waals surface area contributed by atoms with Gasteiger partial charge in [0.05, 0.1) is 5.75 Å². The number of carbonyl (C=O) groups excluding carboxylic acids is 1. The summed E-state index contributed by atoms with van der Waals surface area (Å²) in [4.78, 5) is 15.1. The standard InChI is InChI=1S/C9H13N5OS/c1-2-4-16-5-3-11-8(15)6-14-7-12-9(10)13-14/h1,7H,3-6H2,(H2,10,13)(H,11,15). The van der Waals surface area contributed by atoms with Crippen LogP contribution < -0.4 is 11.1 Å². The Morgan fingerprint density at radius 2 is 2.56 bits per heavy atom. The third-order valence-corrected chi connectivity index (χ3v) is 2.48. The second-order valence-corrected chi connectivity index (χ2v) is 4.01. The fraction of sp³-hybridized carbons (Fsp3) is 0.444. The number of thioether (sulfide) groups is 1.